The zero-order chi connectivity index (χ0) is 27.6. The van der Waals surface area contributed by atoms with Gasteiger partial charge in [0.15, 0.2) is 11.5 Å². The fraction of sp³-hybridized carbons (Fsp3) is 0.172. The first-order chi connectivity index (χ1) is 19.5. The van der Waals surface area contributed by atoms with Crippen LogP contribution in [0.5, 0.6) is 17.4 Å². The van der Waals surface area contributed by atoms with Crippen LogP contribution < -0.4 is 14.8 Å². The SMILES string of the molecule is C=CC(=O)N1CC=C(c2ccc3ncnc(Nc4ccc(Oc5cc(OC)n6ncnc6c5)c(C)c4)c3n2)CC1. The Morgan fingerprint density at radius 3 is 2.77 bits per heavy atom. The number of aromatic nitrogens is 6. The zero-order valence-corrected chi connectivity index (χ0v) is 22.0. The molecule has 5 heterocycles. The number of benzene rings is 1. The molecule has 0 bridgehead atoms. The van der Waals surface area contributed by atoms with Crippen molar-refractivity contribution >= 4 is 39.7 Å². The van der Waals surface area contributed by atoms with E-state index in [1.54, 1.807) is 28.7 Å². The van der Waals surface area contributed by atoms with Crippen molar-refractivity contribution in [2.75, 3.05) is 25.5 Å². The van der Waals surface area contributed by atoms with E-state index in [4.69, 9.17) is 14.5 Å². The number of amides is 1. The maximum absolute atomic E-state index is 11.9. The summed E-state index contributed by atoms with van der Waals surface area (Å²) in [5.41, 5.74) is 5.70. The van der Waals surface area contributed by atoms with Gasteiger partial charge >= 0.3 is 0 Å². The molecule has 1 N–H and O–H groups in total. The Bertz CT molecular complexity index is 1800. The molecule has 11 heteroatoms. The molecule has 5 aromatic rings. The number of methoxy groups -OCH3 is 1. The summed E-state index contributed by atoms with van der Waals surface area (Å²) in [6.07, 6.45) is 7.08. The third-order valence-electron chi connectivity index (χ3n) is 6.70. The van der Waals surface area contributed by atoms with Crippen LogP contribution in [0.3, 0.4) is 0 Å². The van der Waals surface area contributed by atoms with Crippen LogP contribution >= 0.6 is 0 Å². The number of carbonyl (C=O) groups is 1. The lowest BCUT2D eigenvalue weighted by atomic mass is 10.0. The summed E-state index contributed by atoms with van der Waals surface area (Å²) in [4.78, 5) is 31.7. The smallest absolute Gasteiger partial charge is 0.246 e. The number of nitrogens with one attached hydrogen (secondary N) is 1. The summed E-state index contributed by atoms with van der Waals surface area (Å²) in [6, 6.07) is 13.3. The molecule has 11 nitrogen and oxygen atoms in total. The molecule has 200 valence electrons. The molecule has 0 saturated heterocycles. The van der Waals surface area contributed by atoms with Gasteiger partial charge in [0.2, 0.25) is 11.8 Å². The van der Waals surface area contributed by atoms with Crippen molar-refractivity contribution in [3.8, 4) is 17.4 Å². The van der Waals surface area contributed by atoms with Crippen LogP contribution in [0, 0.1) is 6.92 Å². The summed E-state index contributed by atoms with van der Waals surface area (Å²) in [5, 5.41) is 7.54. The first-order valence-electron chi connectivity index (χ1n) is 12.7. The van der Waals surface area contributed by atoms with E-state index in [1.807, 2.05) is 43.3 Å². The first kappa shape index (κ1) is 25.0. The number of nitrogens with zero attached hydrogens (tertiary/aromatic N) is 7. The van der Waals surface area contributed by atoms with Crippen LogP contribution in [0.2, 0.25) is 0 Å². The Morgan fingerprint density at radius 1 is 1.10 bits per heavy atom. The minimum Gasteiger partial charge on any atom is -0.481 e. The van der Waals surface area contributed by atoms with Gasteiger partial charge in [0.25, 0.3) is 0 Å². The van der Waals surface area contributed by atoms with Gasteiger partial charge in [-0.3, -0.25) is 4.79 Å². The van der Waals surface area contributed by atoms with E-state index < -0.39 is 0 Å². The standard InChI is InChI=1S/C29H26N8O3/c1-4-26(38)36-11-9-19(10-12-36)22-6-7-23-28(35-22)29(32-16-30-23)34-20-5-8-24(18(2)13-20)40-21-14-25-31-17-33-37(25)27(15-21)39-3/h4-9,13-17H,1,10-12H2,2-3H3,(H,30,32,34). The number of pyridine rings is 2. The predicted molar refractivity (Wildman–Crippen MR) is 151 cm³/mol. The van der Waals surface area contributed by atoms with E-state index in [1.165, 1.54) is 18.7 Å². The second-order valence-electron chi connectivity index (χ2n) is 9.23. The van der Waals surface area contributed by atoms with Crippen LogP contribution in [-0.4, -0.2) is 60.6 Å². The van der Waals surface area contributed by atoms with E-state index in [0.717, 1.165) is 28.0 Å². The lowest BCUT2D eigenvalue weighted by Crippen LogP contribution is -2.33. The molecule has 1 amide bonds. The molecule has 4 aromatic heterocycles. The van der Waals surface area contributed by atoms with Gasteiger partial charge in [-0.25, -0.2) is 19.9 Å². The molecule has 0 aliphatic carbocycles. The maximum atomic E-state index is 11.9. The maximum Gasteiger partial charge on any atom is 0.246 e. The largest absolute Gasteiger partial charge is 0.481 e. The molecule has 6 rings (SSSR count). The average molecular weight is 535 g/mol. The minimum absolute atomic E-state index is 0.0653. The summed E-state index contributed by atoms with van der Waals surface area (Å²) < 4.78 is 13.2. The zero-order valence-electron chi connectivity index (χ0n) is 22.0. The number of anilines is 2. The molecule has 0 saturated carbocycles. The number of hydrogen-bond acceptors (Lipinski definition) is 9. The molecule has 0 radical (unpaired) electrons. The fourth-order valence-corrected chi connectivity index (χ4v) is 4.62. The Labute approximate surface area is 229 Å². The summed E-state index contributed by atoms with van der Waals surface area (Å²) in [7, 11) is 1.58. The molecule has 0 atom stereocenters. The highest BCUT2D eigenvalue weighted by atomic mass is 16.5. The van der Waals surface area contributed by atoms with Crippen molar-refractivity contribution < 1.29 is 14.3 Å². The van der Waals surface area contributed by atoms with Gasteiger partial charge < -0.3 is 19.7 Å². The van der Waals surface area contributed by atoms with E-state index in [9.17, 15) is 4.79 Å². The number of carbonyl (C=O) groups excluding carboxylic acids is 1. The molecular weight excluding hydrogens is 508 g/mol. The number of rotatable bonds is 7. The highest BCUT2D eigenvalue weighted by Crippen LogP contribution is 2.32. The minimum atomic E-state index is -0.0653. The van der Waals surface area contributed by atoms with Crippen LogP contribution in [-0.2, 0) is 4.79 Å². The van der Waals surface area contributed by atoms with Crippen molar-refractivity contribution in [2.45, 2.75) is 13.3 Å². The van der Waals surface area contributed by atoms with Crippen molar-refractivity contribution in [2.24, 2.45) is 0 Å². The molecule has 1 aromatic carbocycles. The third kappa shape index (κ3) is 4.80. The topological polar surface area (TPSA) is 120 Å². The monoisotopic (exact) mass is 534 g/mol. The number of aryl methyl sites for hydroxylation is 1. The fourth-order valence-electron chi connectivity index (χ4n) is 4.62. The third-order valence-corrected chi connectivity index (χ3v) is 6.70. The van der Waals surface area contributed by atoms with Crippen LogP contribution in [0.4, 0.5) is 11.5 Å². The van der Waals surface area contributed by atoms with Crippen molar-refractivity contribution in [1.82, 2.24) is 34.4 Å². The summed E-state index contributed by atoms with van der Waals surface area (Å²) >= 11 is 0. The highest BCUT2D eigenvalue weighted by Gasteiger charge is 2.18. The predicted octanol–water partition coefficient (Wildman–Crippen LogP) is 4.72. The van der Waals surface area contributed by atoms with Gasteiger partial charge in [-0.05, 0) is 60.9 Å². The second-order valence-corrected chi connectivity index (χ2v) is 9.23. The second kappa shape index (κ2) is 10.4. The summed E-state index contributed by atoms with van der Waals surface area (Å²) in [5.74, 6) is 2.34. The Balaban J connectivity index is 1.24. The van der Waals surface area contributed by atoms with Gasteiger partial charge in [-0.15, -0.1) is 0 Å². The lowest BCUT2D eigenvalue weighted by Gasteiger charge is -2.25. The van der Waals surface area contributed by atoms with Crippen molar-refractivity contribution in [3.63, 3.8) is 0 Å². The Kier molecular flexibility index (Phi) is 6.52. The number of hydrogen-bond donors (Lipinski definition) is 1. The lowest BCUT2D eigenvalue weighted by molar-refractivity contribution is -0.125. The van der Waals surface area contributed by atoms with Gasteiger partial charge in [0, 0.05) is 30.9 Å². The Morgan fingerprint density at radius 2 is 2.00 bits per heavy atom. The van der Waals surface area contributed by atoms with E-state index >= 15 is 0 Å². The molecule has 0 unspecified atom stereocenters. The van der Waals surface area contributed by atoms with Crippen molar-refractivity contribution in [3.05, 3.63) is 85.1 Å². The summed E-state index contributed by atoms with van der Waals surface area (Å²) in [6.45, 7) is 6.70. The first-order valence-corrected chi connectivity index (χ1v) is 12.7. The van der Waals surface area contributed by atoms with Crippen LogP contribution in [0.25, 0.3) is 22.3 Å². The van der Waals surface area contributed by atoms with Crippen LogP contribution in [0.1, 0.15) is 17.7 Å². The molecule has 1 aliphatic heterocycles. The normalized spacial score (nSPS) is 13.2. The molecular formula is C29H26N8O3. The van der Waals surface area contributed by atoms with E-state index in [2.05, 4.69) is 31.9 Å². The van der Waals surface area contributed by atoms with Gasteiger partial charge in [0.1, 0.15) is 29.7 Å². The molecule has 1 aliphatic rings. The van der Waals surface area contributed by atoms with Gasteiger partial charge in [0.05, 0.1) is 18.3 Å². The van der Waals surface area contributed by atoms with Gasteiger partial charge in [-0.2, -0.15) is 9.61 Å². The molecule has 40 heavy (non-hydrogen) atoms. The Hall–Kier alpha value is -5.32. The van der Waals surface area contributed by atoms with Gasteiger partial charge in [-0.1, -0.05) is 12.7 Å². The van der Waals surface area contributed by atoms with Crippen molar-refractivity contribution in [1.29, 1.82) is 0 Å². The van der Waals surface area contributed by atoms with E-state index in [0.29, 0.717) is 53.9 Å². The number of fused-ring (bicyclic) bond motifs is 2. The van der Waals surface area contributed by atoms with E-state index in [-0.39, 0.29) is 5.91 Å². The quantitative estimate of drug-likeness (QED) is 0.296. The number of ether oxygens (including phenoxy) is 2. The molecule has 0 fully saturated rings. The highest BCUT2D eigenvalue weighted by molar-refractivity contribution is 5.89. The molecule has 0 spiro atoms. The van der Waals surface area contributed by atoms with Crippen LogP contribution in [0.15, 0.2) is 73.9 Å². The average Bonchev–Trinajstić information content (AvgIpc) is 3.47.